The lowest BCUT2D eigenvalue weighted by molar-refractivity contribution is 0.424. The zero-order valence-corrected chi connectivity index (χ0v) is 8.64. The molecule has 1 aliphatic rings. The smallest absolute Gasteiger partial charge is 0.270 e. The minimum atomic E-state index is -1.63. The number of para-hydroxylation sites is 1. The molecule has 0 amide bonds. The molecular formula is C8H7ClN2O2S. The van der Waals surface area contributed by atoms with Crippen LogP contribution >= 0.6 is 11.6 Å². The Hall–Kier alpha value is -0.910. The van der Waals surface area contributed by atoms with Crippen LogP contribution in [0.2, 0.25) is 5.02 Å². The van der Waals surface area contributed by atoms with Gasteiger partial charge in [0.2, 0.25) is 0 Å². The Morgan fingerprint density at radius 2 is 2.21 bits per heavy atom. The van der Waals surface area contributed by atoms with Gasteiger partial charge in [0.15, 0.2) is 0 Å². The first-order valence-corrected chi connectivity index (χ1v) is 5.28. The summed E-state index contributed by atoms with van der Waals surface area (Å²) in [5.41, 5.74) is 0.537. The van der Waals surface area contributed by atoms with E-state index in [2.05, 4.69) is 0 Å². The van der Waals surface area contributed by atoms with Crippen LogP contribution in [0.5, 0.6) is 0 Å². The topological polar surface area (TPSA) is 53.4 Å². The second-order valence-electron chi connectivity index (χ2n) is 2.67. The molecular weight excluding hydrogens is 224 g/mol. The minimum absolute atomic E-state index is 0.0534. The van der Waals surface area contributed by atoms with Gasteiger partial charge in [-0.1, -0.05) is 23.7 Å². The summed E-state index contributed by atoms with van der Waals surface area (Å²) in [6.07, 6.45) is 0. The third-order valence-electron chi connectivity index (χ3n) is 1.76. The van der Waals surface area contributed by atoms with Gasteiger partial charge < -0.3 is 0 Å². The van der Waals surface area contributed by atoms with E-state index in [1.807, 2.05) is 0 Å². The molecule has 0 bridgehead atoms. The number of hydrogen-bond acceptors (Lipinski definition) is 3. The highest BCUT2D eigenvalue weighted by atomic mass is 35.5. The van der Waals surface area contributed by atoms with Crippen LogP contribution in [0.1, 0.15) is 0 Å². The number of rotatable bonds is 1. The zero-order valence-electron chi connectivity index (χ0n) is 7.07. The van der Waals surface area contributed by atoms with Crippen molar-refractivity contribution in [1.82, 2.24) is 0 Å². The summed E-state index contributed by atoms with van der Waals surface area (Å²) in [4.78, 5) is 0. The summed E-state index contributed by atoms with van der Waals surface area (Å²) >= 11 is 4.28. The molecule has 1 fully saturated rings. The van der Waals surface area contributed by atoms with Crippen molar-refractivity contribution in [1.29, 1.82) is 5.41 Å². The first kappa shape index (κ1) is 9.64. The monoisotopic (exact) mass is 230 g/mol. The van der Waals surface area contributed by atoms with Crippen LogP contribution in [-0.4, -0.2) is 16.7 Å². The van der Waals surface area contributed by atoms with E-state index < -0.39 is 11.3 Å². The maximum absolute atomic E-state index is 11.4. The fraction of sp³-hybridized carbons (Fsp3) is 0.125. The number of benzene rings is 1. The lowest BCUT2D eigenvalue weighted by Gasteiger charge is -2.14. The maximum Gasteiger partial charge on any atom is 0.270 e. The molecule has 1 atom stereocenters. The molecule has 0 spiro atoms. The average Bonchev–Trinajstić information content (AvgIpc) is 2.48. The molecule has 1 aromatic carbocycles. The van der Waals surface area contributed by atoms with Crippen molar-refractivity contribution in [3.05, 3.63) is 29.3 Å². The second-order valence-corrected chi connectivity index (χ2v) is 4.11. The molecule has 2 rings (SSSR count). The van der Waals surface area contributed by atoms with Crippen molar-refractivity contribution < 1.29 is 8.39 Å². The lowest BCUT2D eigenvalue weighted by Crippen LogP contribution is -2.25. The number of halogens is 1. The summed E-state index contributed by atoms with van der Waals surface area (Å²) in [5.74, 6) is 0.149. The molecule has 0 saturated carbocycles. The molecule has 1 N–H and O–H groups in total. The quantitative estimate of drug-likeness (QED) is 0.799. The SMILES string of the molecule is N=C1COS(=O)N1c1ccccc1Cl. The van der Waals surface area contributed by atoms with Crippen LogP contribution in [-0.2, 0) is 15.4 Å². The number of nitrogens with zero attached hydrogens (tertiary/aromatic N) is 1. The molecule has 1 unspecified atom stereocenters. The predicted molar refractivity (Wildman–Crippen MR) is 55.8 cm³/mol. The summed E-state index contributed by atoms with van der Waals surface area (Å²) in [5, 5.41) is 7.97. The van der Waals surface area contributed by atoms with Crippen LogP contribution in [0.4, 0.5) is 5.69 Å². The zero-order chi connectivity index (χ0) is 10.1. The van der Waals surface area contributed by atoms with E-state index in [9.17, 15) is 4.21 Å². The molecule has 4 nitrogen and oxygen atoms in total. The Morgan fingerprint density at radius 1 is 1.50 bits per heavy atom. The third-order valence-corrected chi connectivity index (χ3v) is 3.12. The molecule has 1 aliphatic heterocycles. The fourth-order valence-electron chi connectivity index (χ4n) is 1.15. The van der Waals surface area contributed by atoms with Gasteiger partial charge in [-0.3, -0.25) is 9.59 Å². The number of hydrogen-bond donors (Lipinski definition) is 1. The van der Waals surface area contributed by atoms with Crippen LogP contribution in [0.15, 0.2) is 24.3 Å². The number of nitrogens with one attached hydrogen (secondary N) is 1. The van der Waals surface area contributed by atoms with Gasteiger partial charge in [0, 0.05) is 0 Å². The molecule has 0 radical (unpaired) electrons. The fourth-order valence-corrected chi connectivity index (χ4v) is 2.29. The minimum Gasteiger partial charge on any atom is -0.285 e. The van der Waals surface area contributed by atoms with Crippen molar-refractivity contribution >= 4 is 34.4 Å². The predicted octanol–water partition coefficient (Wildman–Crippen LogP) is 1.73. The van der Waals surface area contributed by atoms with Gasteiger partial charge in [-0.2, -0.15) is 0 Å². The maximum atomic E-state index is 11.4. The lowest BCUT2D eigenvalue weighted by atomic mass is 10.3. The Bertz CT molecular complexity index is 394. The van der Waals surface area contributed by atoms with E-state index in [0.29, 0.717) is 10.7 Å². The summed E-state index contributed by atoms with van der Waals surface area (Å²) in [6.45, 7) is 0.0534. The van der Waals surface area contributed by atoms with E-state index >= 15 is 0 Å². The van der Waals surface area contributed by atoms with Gasteiger partial charge in [0.1, 0.15) is 12.4 Å². The molecule has 1 heterocycles. The highest BCUT2D eigenvalue weighted by molar-refractivity contribution is 7.83. The molecule has 0 aliphatic carbocycles. The van der Waals surface area contributed by atoms with Crippen LogP contribution in [0.25, 0.3) is 0 Å². The van der Waals surface area contributed by atoms with Gasteiger partial charge >= 0.3 is 0 Å². The largest absolute Gasteiger partial charge is 0.285 e. The second kappa shape index (κ2) is 3.68. The van der Waals surface area contributed by atoms with Crippen molar-refractivity contribution in [3.8, 4) is 0 Å². The summed E-state index contributed by atoms with van der Waals surface area (Å²) < 4.78 is 17.4. The van der Waals surface area contributed by atoms with E-state index in [4.69, 9.17) is 21.2 Å². The average molecular weight is 231 g/mol. The van der Waals surface area contributed by atoms with E-state index in [1.54, 1.807) is 24.3 Å². The standard InChI is InChI=1S/C8H7ClN2O2S/c9-6-3-1-2-4-7(6)11-8(10)5-13-14(11)12/h1-4,10H,5H2. The van der Waals surface area contributed by atoms with Gasteiger partial charge in [-0.25, -0.2) is 8.51 Å². The Morgan fingerprint density at radius 3 is 2.79 bits per heavy atom. The van der Waals surface area contributed by atoms with E-state index in [0.717, 1.165) is 0 Å². The van der Waals surface area contributed by atoms with E-state index in [1.165, 1.54) is 4.31 Å². The van der Waals surface area contributed by atoms with Crippen LogP contribution in [0, 0.1) is 5.41 Å². The molecule has 1 aromatic rings. The third kappa shape index (κ3) is 1.54. The van der Waals surface area contributed by atoms with Gasteiger partial charge in [-0.05, 0) is 12.1 Å². The molecule has 6 heteroatoms. The van der Waals surface area contributed by atoms with Gasteiger partial charge in [0.25, 0.3) is 11.3 Å². The van der Waals surface area contributed by atoms with Crippen molar-refractivity contribution in [2.24, 2.45) is 0 Å². The van der Waals surface area contributed by atoms with Crippen molar-refractivity contribution in [2.45, 2.75) is 0 Å². The summed E-state index contributed by atoms with van der Waals surface area (Å²) in [7, 11) is 0. The summed E-state index contributed by atoms with van der Waals surface area (Å²) in [6, 6.07) is 6.92. The van der Waals surface area contributed by atoms with Crippen LogP contribution in [0.3, 0.4) is 0 Å². The number of amidine groups is 1. The highest BCUT2D eigenvalue weighted by Gasteiger charge is 2.28. The Kier molecular flexibility index (Phi) is 2.54. The van der Waals surface area contributed by atoms with Crippen molar-refractivity contribution in [2.75, 3.05) is 10.9 Å². The van der Waals surface area contributed by atoms with Crippen molar-refractivity contribution in [3.63, 3.8) is 0 Å². The molecule has 74 valence electrons. The first-order chi connectivity index (χ1) is 6.70. The van der Waals surface area contributed by atoms with E-state index in [-0.39, 0.29) is 12.4 Å². The van der Waals surface area contributed by atoms with Gasteiger partial charge in [-0.15, -0.1) is 0 Å². The highest BCUT2D eigenvalue weighted by Crippen LogP contribution is 2.28. The normalized spacial score (nSPS) is 21.6. The first-order valence-electron chi connectivity index (χ1n) is 3.87. The molecule has 0 aromatic heterocycles. The number of anilines is 1. The Labute approximate surface area is 88.7 Å². The molecule has 14 heavy (non-hydrogen) atoms. The van der Waals surface area contributed by atoms with Gasteiger partial charge in [0.05, 0.1) is 10.7 Å². The van der Waals surface area contributed by atoms with Crippen LogP contribution < -0.4 is 4.31 Å². The molecule has 1 saturated heterocycles. The Balaban J connectivity index is 2.44.